The molecule has 0 spiro atoms. The van der Waals surface area contributed by atoms with Gasteiger partial charge in [0.25, 0.3) is 0 Å². The topological polar surface area (TPSA) is 74.3 Å². The summed E-state index contributed by atoms with van der Waals surface area (Å²) in [5.41, 5.74) is -0.0293. The molecule has 3 rings (SSSR count). The van der Waals surface area contributed by atoms with Crippen molar-refractivity contribution in [1.29, 1.82) is 0 Å². The SMILES string of the molecule is COc1cc(CN2C(=O)CC2(Cc2ccccc2)C(=O)OC(C)(C)C)cc(OC)c1OC. The molecule has 1 unspecified atom stereocenters. The van der Waals surface area contributed by atoms with E-state index in [1.165, 1.54) is 21.3 Å². The van der Waals surface area contributed by atoms with Gasteiger partial charge < -0.3 is 23.8 Å². The van der Waals surface area contributed by atoms with Gasteiger partial charge in [-0.15, -0.1) is 0 Å². The fraction of sp³-hybridized carbons (Fsp3) is 0.440. The van der Waals surface area contributed by atoms with Crippen molar-refractivity contribution >= 4 is 11.9 Å². The van der Waals surface area contributed by atoms with Gasteiger partial charge in [0, 0.05) is 13.0 Å². The average molecular weight is 442 g/mol. The summed E-state index contributed by atoms with van der Waals surface area (Å²) < 4.78 is 22.0. The Kier molecular flexibility index (Phi) is 6.67. The number of hydrogen-bond donors (Lipinski definition) is 0. The number of esters is 1. The molecule has 1 aliphatic rings. The van der Waals surface area contributed by atoms with Gasteiger partial charge in [-0.25, -0.2) is 4.79 Å². The van der Waals surface area contributed by atoms with Crippen molar-refractivity contribution in [3.8, 4) is 17.2 Å². The molecule has 0 aromatic heterocycles. The monoisotopic (exact) mass is 441 g/mol. The molecular weight excluding hydrogens is 410 g/mol. The van der Waals surface area contributed by atoms with Gasteiger partial charge >= 0.3 is 5.97 Å². The molecule has 1 amide bonds. The number of benzene rings is 2. The summed E-state index contributed by atoms with van der Waals surface area (Å²) in [5, 5.41) is 0. The van der Waals surface area contributed by atoms with Crippen molar-refractivity contribution in [2.24, 2.45) is 0 Å². The van der Waals surface area contributed by atoms with E-state index in [-0.39, 0.29) is 18.9 Å². The number of rotatable bonds is 8. The predicted molar refractivity (Wildman–Crippen MR) is 120 cm³/mol. The van der Waals surface area contributed by atoms with Crippen molar-refractivity contribution in [2.45, 2.75) is 51.3 Å². The van der Waals surface area contributed by atoms with Crippen LogP contribution in [-0.4, -0.2) is 49.2 Å². The first kappa shape index (κ1) is 23.4. The quantitative estimate of drug-likeness (QED) is 0.459. The van der Waals surface area contributed by atoms with Crippen LogP contribution in [0.15, 0.2) is 42.5 Å². The second-order valence-corrected chi connectivity index (χ2v) is 8.89. The van der Waals surface area contributed by atoms with Crippen molar-refractivity contribution < 1.29 is 28.5 Å². The van der Waals surface area contributed by atoms with Gasteiger partial charge in [0.1, 0.15) is 5.60 Å². The largest absolute Gasteiger partial charge is 0.493 e. The molecule has 32 heavy (non-hydrogen) atoms. The molecular formula is C25H31NO6. The van der Waals surface area contributed by atoms with E-state index in [0.717, 1.165) is 11.1 Å². The number of ether oxygens (including phenoxy) is 4. The van der Waals surface area contributed by atoms with E-state index >= 15 is 0 Å². The van der Waals surface area contributed by atoms with Gasteiger partial charge in [-0.2, -0.15) is 0 Å². The molecule has 0 bridgehead atoms. The highest BCUT2D eigenvalue weighted by Gasteiger charge is 2.58. The van der Waals surface area contributed by atoms with Crippen LogP contribution in [0.1, 0.15) is 38.3 Å². The standard InChI is InChI=1S/C25H31NO6/c1-24(2,3)32-23(28)25(14-17-10-8-7-9-11-17)15-21(27)26(25)16-18-12-19(29-4)22(31-6)20(13-18)30-5/h7-13H,14-16H2,1-6H3. The van der Waals surface area contributed by atoms with Gasteiger partial charge in [-0.3, -0.25) is 4.79 Å². The minimum Gasteiger partial charge on any atom is -0.493 e. The second kappa shape index (κ2) is 9.10. The zero-order chi connectivity index (χ0) is 23.5. The molecule has 172 valence electrons. The van der Waals surface area contributed by atoms with E-state index in [1.54, 1.807) is 17.0 Å². The number of carbonyl (C=O) groups excluding carboxylic acids is 2. The number of β-lactam (4-membered cyclic amide) rings is 1. The maximum absolute atomic E-state index is 13.4. The summed E-state index contributed by atoms with van der Waals surface area (Å²) in [6, 6.07) is 13.2. The average Bonchev–Trinajstić information content (AvgIpc) is 2.75. The van der Waals surface area contributed by atoms with Crippen LogP contribution in [0, 0.1) is 0 Å². The fourth-order valence-corrected chi connectivity index (χ4v) is 3.96. The van der Waals surface area contributed by atoms with Crippen molar-refractivity contribution in [2.75, 3.05) is 21.3 Å². The maximum atomic E-state index is 13.4. The Hall–Kier alpha value is -3.22. The van der Waals surface area contributed by atoms with E-state index in [1.807, 2.05) is 51.1 Å². The highest BCUT2D eigenvalue weighted by molar-refractivity contribution is 5.99. The second-order valence-electron chi connectivity index (χ2n) is 8.89. The molecule has 0 aliphatic carbocycles. The summed E-state index contributed by atoms with van der Waals surface area (Å²) >= 11 is 0. The minimum atomic E-state index is -1.08. The molecule has 1 aliphatic heterocycles. The zero-order valence-electron chi connectivity index (χ0n) is 19.6. The molecule has 0 saturated carbocycles. The first-order valence-electron chi connectivity index (χ1n) is 10.5. The smallest absolute Gasteiger partial charge is 0.333 e. The Bertz CT molecular complexity index is 957. The lowest BCUT2D eigenvalue weighted by atomic mass is 9.78. The number of carbonyl (C=O) groups is 2. The van der Waals surface area contributed by atoms with E-state index in [9.17, 15) is 9.59 Å². The Morgan fingerprint density at radius 3 is 2.03 bits per heavy atom. The third kappa shape index (κ3) is 4.66. The summed E-state index contributed by atoms with van der Waals surface area (Å²) in [5.74, 6) is 0.930. The maximum Gasteiger partial charge on any atom is 0.333 e. The Balaban J connectivity index is 1.99. The van der Waals surface area contributed by atoms with Gasteiger partial charge in [0.05, 0.1) is 27.8 Å². The first-order valence-corrected chi connectivity index (χ1v) is 10.5. The van der Waals surface area contributed by atoms with Crippen LogP contribution in [-0.2, 0) is 27.3 Å². The zero-order valence-corrected chi connectivity index (χ0v) is 19.6. The van der Waals surface area contributed by atoms with E-state index < -0.39 is 17.1 Å². The van der Waals surface area contributed by atoms with Crippen molar-refractivity contribution in [1.82, 2.24) is 4.90 Å². The lowest BCUT2D eigenvalue weighted by Gasteiger charge is -2.50. The summed E-state index contributed by atoms with van der Waals surface area (Å²) in [6.07, 6.45) is 0.472. The molecule has 0 radical (unpaired) electrons. The molecule has 7 nitrogen and oxygen atoms in total. The van der Waals surface area contributed by atoms with Crippen LogP contribution < -0.4 is 14.2 Å². The molecule has 1 fully saturated rings. The Labute approximate surface area is 189 Å². The molecule has 7 heteroatoms. The van der Waals surface area contributed by atoms with Gasteiger partial charge in [0.2, 0.25) is 11.7 Å². The molecule has 0 N–H and O–H groups in total. The lowest BCUT2D eigenvalue weighted by Crippen LogP contribution is -2.69. The van der Waals surface area contributed by atoms with E-state index in [4.69, 9.17) is 18.9 Å². The fourth-order valence-electron chi connectivity index (χ4n) is 3.96. The van der Waals surface area contributed by atoms with E-state index in [0.29, 0.717) is 23.7 Å². The third-order valence-corrected chi connectivity index (χ3v) is 5.44. The molecule has 2 aromatic rings. The van der Waals surface area contributed by atoms with Gasteiger partial charge in [-0.05, 0) is 44.0 Å². The van der Waals surface area contributed by atoms with Crippen LogP contribution in [0.5, 0.6) is 17.2 Å². The van der Waals surface area contributed by atoms with Crippen LogP contribution in [0.25, 0.3) is 0 Å². The molecule has 1 saturated heterocycles. The molecule has 1 heterocycles. The first-order chi connectivity index (χ1) is 15.1. The highest BCUT2D eigenvalue weighted by atomic mass is 16.6. The molecule has 1 atom stereocenters. The summed E-state index contributed by atoms with van der Waals surface area (Å²) in [4.78, 5) is 27.7. The van der Waals surface area contributed by atoms with Crippen molar-refractivity contribution in [3.05, 3.63) is 53.6 Å². The minimum absolute atomic E-state index is 0.0984. The lowest BCUT2D eigenvalue weighted by molar-refractivity contribution is -0.188. The number of amides is 1. The Morgan fingerprint density at radius 1 is 0.969 bits per heavy atom. The van der Waals surface area contributed by atoms with Crippen LogP contribution in [0.3, 0.4) is 0 Å². The van der Waals surface area contributed by atoms with Crippen LogP contribution >= 0.6 is 0 Å². The highest BCUT2D eigenvalue weighted by Crippen LogP contribution is 2.42. The normalized spacial score (nSPS) is 18.1. The Morgan fingerprint density at radius 2 is 1.56 bits per heavy atom. The van der Waals surface area contributed by atoms with Gasteiger partial charge in [-0.1, -0.05) is 30.3 Å². The summed E-state index contributed by atoms with van der Waals surface area (Å²) in [7, 11) is 4.61. The number of nitrogens with zero attached hydrogens (tertiary/aromatic N) is 1. The number of methoxy groups -OCH3 is 3. The van der Waals surface area contributed by atoms with E-state index in [2.05, 4.69) is 0 Å². The van der Waals surface area contributed by atoms with Crippen LogP contribution in [0.4, 0.5) is 0 Å². The third-order valence-electron chi connectivity index (χ3n) is 5.44. The van der Waals surface area contributed by atoms with Crippen molar-refractivity contribution in [3.63, 3.8) is 0 Å². The van der Waals surface area contributed by atoms with Gasteiger partial charge in [0.15, 0.2) is 17.0 Å². The predicted octanol–water partition coefficient (Wildman–Crippen LogP) is 3.77. The number of hydrogen-bond acceptors (Lipinski definition) is 6. The summed E-state index contributed by atoms with van der Waals surface area (Å²) in [6.45, 7) is 5.68. The van der Waals surface area contributed by atoms with Crippen LogP contribution in [0.2, 0.25) is 0 Å². The number of likely N-dealkylation sites (tertiary alicyclic amines) is 1. The molecule has 2 aromatic carbocycles.